The van der Waals surface area contributed by atoms with E-state index in [1.165, 1.54) is 167 Å². The average molecular weight is 940 g/mol. The monoisotopic (exact) mass is 939 g/mol. The summed E-state index contributed by atoms with van der Waals surface area (Å²) in [6.07, 6.45) is 68.2. The van der Waals surface area contributed by atoms with Gasteiger partial charge in [0.05, 0.1) is 0 Å². The van der Waals surface area contributed by atoms with Gasteiger partial charge in [0.2, 0.25) is 0 Å². The van der Waals surface area contributed by atoms with Crippen LogP contribution in [0, 0.1) is 0 Å². The number of allylic oxidation sites excluding steroid dienone is 8. The molecular formula is C61H110O6. The Kier molecular flexibility index (Phi) is 53.8. The molecule has 0 spiro atoms. The van der Waals surface area contributed by atoms with Gasteiger partial charge in [0.1, 0.15) is 13.2 Å². The van der Waals surface area contributed by atoms with Gasteiger partial charge in [-0.25, -0.2) is 0 Å². The van der Waals surface area contributed by atoms with Crippen LogP contribution in [0.5, 0.6) is 0 Å². The Morgan fingerprint density at radius 2 is 0.582 bits per heavy atom. The van der Waals surface area contributed by atoms with Crippen LogP contribution in [0.4, 0.5) is 0 Å². The zero-order valence-electron chi connectivity index (χ0n) is 44.7. The molecule has 390 valence electrons. The Morgan fingerprint density at radius 1 is 0.313 bits per heavy atom. The highest BCUT2D eigenvalue weighted by Crippen LogP contribution is 2.17. The highest BCUT2D eigenvalue weighted by molar-refractivity contribution is 5.71. The Balaban J connectivity index is 4.36. The van der Waals surface area contributed by atoms with E-state index in [1.807, 2.05) is 0 Å². The first-order valence-electron chi connectivity index (χ1n) is 29.1. The quantitative estimate of drug-likeness (QED) is 0.0262. The molecule has 0 fully saturated rings. The van der Waals surface area contributed by atoms with E-state index in [2.05, 4.69) is 69.4 Å². The van der Waals surface area contributed by atoms with Gasteiger partial charge in [-0.3, -0.25) is 14.4 Å². The summed E-state index contributed by atoms with van der Waals surface area (Å²) in [4.78, 5) is 38.2. The standard InChI is InChI=1S/C61H110O6/c1-4-7-10-13-16-19-22-25-28-29-30-31-34-37-40-43-46-49-52-55-61(64)67-58(56-65-59(62)53-50-47-44-41-38-35-32-26-23-20-17-14-11-8-5-2)57-66-60(63)54-51-48-45-42-39-36-33-27-24-21-18-15-12-9-6-3/h8,11,17,20-21,24,26,32,58H,4-7,9-10,12-16,18-19,22-23,25,27-31,33-57H2,1-3H3/b11-8-,20-17-,24-21-,32-26-/t58-/m1/s1. The average Bonchev–Trinajstić information content (AvgIpc) is 3.33. The van der Waals surface area contributed by atoms with Crippen molar-refractivity contribution in [3.8, 4) is 0 Å². The summed E-state index contributed by atoms with van der Waals surface area (Å²) in [5.41, 5.74) is 0. The molecule has 0 bridgehead atoms. The molecule has 0 saturated heterocycles. The molecular weight excluding hydrogens is 829 g/mol. The minimum absolute atomic E-state index is 0.0781. The normalized spacial score (nSPS) is 12.3. The predicted octanol–water partition coefficient (Wildman–Crippen LogP) is 19.4. The second-order valence-corrected chi connectivity index (χ2v) is 19.5. The molecule has 0 radical (unpaired) electrons. The van der Waals surface area contributed by atoms with Crippen molar-refractivity contribution in [3.63, 3.8) is 0 Å². The number of carbonyl (C=O) groups excluding carboxylic acids is 3. The van der Waals surface area contributed by atoms with Crippen LogP contribution in [0.25, 0.3) is 0 Å². The molecule has 0 unspecified atom stereocenters. The third-order valence-electron chi connectivity index (χ3n) is 12.8. The van der Waals surface area contributed by atoms with E-state index in [1.54, 1.807) is 0 Å². The summed E-state index contributed by atoms with van der Waals surface area (Å²) in [5.74, 6) is -0.884. The van der Waals surface area contributed by atoms with Gasteiger partial charge in [-0.05, 0) is 77.0 Å². The van der Waals surface area contributed by atoms with Gasteiger partial charge in [-0.1, -0.05) is 256 Å². The Labute approximate surface area is 416 Å². The molecule has 0 aromatic rings. The van der Waals surface area contributed by atoms with Crippen LogP contribution in [0.15, 0.2) is 48.6 Å². The van der Waals surface area contributed by atoms with Gasteiger partial charge >= 0.3 is 17.9 Å². The van der Waals surface area contributed by atoms with Gasteiger partial charge in [0, 0.05) is 19.3 Å². The minimum Gasteiger partial charge on any atom is -0.462 e. The molecule has 6 heteroatoms. The second kappa shape index (κ2) is 56.0. The maximum Gasteiger partial charge on any atom is 0.306 e. The van der Waals surface area contributed by atoms with Crippen molar-refractivity contribution >= 4 is 17.9 Å². The van der Waals surface area contributed by atoms with Crippen molar-refractivity contribution in [1.29, 1.82) is 0 Å². The first kappa shape index (κ1) is 64.4. The zero-order valence-corrected chi connectivity index (χ0v) is 44.7. The van der Waals surface area contributed by atoms with Crippen molar-refractivity contribution in [2.24, 2.45) is 0 Å². The Morgan fingerprint density at radius 3 is 0.940 bits per heavy atom. The smallest absolute Gasteiger partial charge is 0.306 e. The third kappa shape index (κ3) is 54.2. The molecule has 0 heterocycles. The zero-order chi connectivity index (χ0) is 48.6. The van der Waals surface area contributed by atoms with E-state index in [0.717, 1.165) is 96.3 Å². The van der Waals surface area contributed by atoms with E-state index in [9.17, 15) is 14.4 Å². The number of unbranched alkanes of at least 4 members (excludes halogenated alkanes) is 34. The van der Waals surface area contributed by atoms with Gasteiger partial charge in [-0.15, -0.1) is 0 Å². The lowest BCUT2D eigenvalue weighted by Crippen LogP contribution is -2.30. The molecule has 67 heavy (non-hydrogen) atoms. The molecule has 0 saturated carbocycles. The maximum absolute atomic E-state index is 12.9. The van der Waals surface area contributed by atoms with Crippen LogP contribution in [-0.2, 0) is 28.6 Å². The van der Waals surface area contributed by atoms with Crippen LogP contribution in [0.2, 0.25) is 0 Å². The van der Waals surface area contributed by atoms with Crippen molar-refractivity contribution < 1.29 is 28.6 Å². The second-order valence-electron chi connectivity index (χ2n) is 19.5. The lowest BCUT2D eigenvalue weighted by molar-refractivity contribution is -0.167. The number of hydrogen-bond acceptors (Lipinski definition) is 6. The molecule has 0 aliphatic carbocycles. The molecule has 0 rings (SSSR count). The third-order valence-corrected chi connectivity index (χ3v) is 12.8. The summed E-state index contributed by atoms with van der Waals surface area (Å²) >= 11 is 0. The van der Waals surface area contributed by atoms with Crippen LogP contribution < -0.4 is 0 Å². The lowest BCUT2D eigenvalue weighted by Gasteiger charge is -2.18. The van der Waals surface area contributed by atoms with Gasteiger partial charge in [-0.2, -0.15) is 0 Å². The van der Waals surface area contributed by atoms with Crippen LogP contribution in [-0.4, -0.2) is 37.2 Å². The summed E-state index contributed by atoms with van der Waals surface area (Å²) in [5, 5.41) is 0. The predicted molar refractivity (Wildman–Crippen MR) is 289 cm³/mol. The van der Waals surface area contributed by atoms with Crippen molar-refractivity contribution in [3.05, 3.63) is 48.6 Å². The van der Waals surface area contributed by atoms with E-state index in [-0.39, 0.29) is 31.1 Å². The van der Waals surface area contributed by atoms with Gasteiger partial charge in [0.25, 0.3) is 0 Å². The number of hydrogen-bond donors (Lipinski definition) is 0. The van der Waals surface area contributed by atoms with E-state index >= 15 is 0 Å². The highest BCUT2D eigenvalue weighted by Gasteiger charge is 2.19. The molecule has 1 atom stereocenters. The Hall–Kier alpha value is -2.63. The summed E-state index contributed by atoms with van der Waals surface area (Å²) < 4.78 is 16.9. The minimum atomic E-state index is -0.780. The number of carbonyl (C=O) groups is 3. The lowest BCUT2D eigenvalue weighted by atomic mass is 10.0. The van der Waals surface area contributed by atoms with E-state index < -0.39 is 6.10 Å². The largest absolute Gasteiger partial charge is 0.462 e. The topological polar surface area (TPSA) is 78.9 Å². The first-order valence-corrected chi connectivity index (χ1v) is 29.1. The number of rotatable bonds is 53. The van der Waals surface area contributed by atoms with Crippen LogP contribution in [0.3, 0.4) is 0 Å². The molecule has 0 aliphatic rings. The van der Waals surface area contributed by atoms with Crippen molar-refractivity contribution in [1.82, 2.24) is 0 Å². The fourth-order valence-electron chi connectivity index (χ4n) is 8.45. The molecule has 0 aliphatic heterocycles. The fraction of sp³-hybridized carbons (Fsp3) is 0.820. The number of ether oxygens (including phenoxy) is 3. The van der Waals surface area contributed by atoms with Gasteiger partial charge < -0.3 is 14.2 Å². The highest BCUT2D eigenvalue weighted by atomic mass is 16.6. The summed E-state index contributed by atoms with van der Waals surface area (Å²) in [6, 6.07) is 0. The molecule has 0 N–H and O–H groups in total. The van der Waals surface area contributed by atoms with E-state index in [0.29, 0.717) is 19.3 Å². The molecule has 6 nitrogen and oxygen atoms in total. The van der Waals surface area contributed by atoms with Crippen LogP contribution in [0.1, 0.15) is 303 Å². The number of esters is 3. The SMILES string of the molecule is CC/C=C\C/C=C\C/C=C\CCCCCCCC(=O)OC[C@H](COC(=O)CCCCCCCCC/C=C\CCCCCC)OC(=O)CCCCCCCCCCCCCCCCCCCCC. The van der Waals surface area contributed by atoms with Crippen molar-refractivity contribution in [2.75, 3.05) is 13.2 Å². The van der Waals surface area contributed by atoms with Gasteiger partial charge in [0.15, 0.2) is 6.10 Å². The first-order chi connectivity index (χ1) is 33.0. The summed E-state index contributed by atoms with van der Waals surface area (Å²) in [7, 11) is 0. The maximum atomic E-state index is 12.9. The Bertz CT molecular complexity index is 1170. The van der Waals surface area contributed by atoms with Crippen LogP contribution >= 0.6 is 0 Å². The van der Waals surface area contributed by atoms with Crippen molar-refractivity contribution in [2.45, 2.75) is 309 Å². The van der Waals surface area contributed by atoms with E-state index in [4.69, 9.17) is 14.2 Å². The molecule has 0 aromatic heterocycles. The fourth-order valence-corrected chi connectivity index (χ4v) is 8.45. The summed E-state index contributed by atoms with van der Waals surface area (Å²) in [6.45, 7) is 6.54. The molecule has 0 amide bonds. The molecule has 0 aromatic carbocycles.